The van der Waals surface area contributed by atoms with E-state index < -0.39 is 0 Å². The van der Waals surface area contributed by atoms with Crippen LogP contribution in [-0.2, 0) is 22.4 Å². The normalized spacial score (nSPS) is 12.0. The van der Waals surface area contributed by atoms with Gasteiger partial charge in [-0.2, -0.15) is 0 Å². The zero-order valence-electron chi connectivity index (χ0n) is 33.8. The van der Waals surface area contributed by atoms with E-state index in [0.717, 1.165) is 55.5 Å². The van der Waals surface area contributed by atoms with Crippen LogP contribution in [0.15, 0.2) is 146 Å². The van der Waals surface area contributed by atoms with Crippen LogP contribution in [0.2, 0.25) is 10.3 Å². The number of hydrogen-bond donors (Lipinski definition) is 2. The first-order valence-electron chi connectivity index (χ1n) is 19.6. The zero-order valence-corrected chi connectivity index (χ0v) is 35.3. The molecule has 2 heterocycles. The second-order valence-corrected chi connectivity index (χ2v) is 15.7. The molecular weight excluding hydrogens is 787 g/mol. The van der Waals surface area contributed by atoms with Crippen molar-refractivity contribution in [2.45, 2.75) is 52.6 Å². The summed E-state index contributed by atoms with van der Waals surface area (Å²) >= 11 is 11.9. The van der Waals surface area contributed by atoms with Crippen molar-refractivity contribution in [1.82, 2.24) is 30.6 Å². The quantitative estimate of drug-likeness (QED) is 0.142. The van der Waals surface area contributed by atoms with Gasteiger partial charge < -0.3 is 10.6 Å². The molecule has 300 valence electrons. The van der Waals surface area contributed by atoms with Crippen molar-refractivity contribution in [2.75, 3.05) is 0 Å². The second-order valence-electron chi connectivity index (χ2n) is 14.9. The van der Waals surface area contributed by atoms with E-state index in [2.05, 4.69) is 94.7 Å². The van der Waals surface area contributed by atoms with Gasteiger partial charge in [-0.25, -0.2) is 9.97 Å². The summed E-state index contributed by atoms with van der Waals surface area (Å²) in [7, 11) is 0. The number of carbonyl (C=O) groups is 2. The summed E-state index contributed by atoms with van der Waals surface area (Å²) in [5, 5.41) is 7.13. The van der Waals surface area contributed by atoms with Gasteiger partial charge in [0.1, 0.15) is 10.3 Å². The van der Waals surface area contributed by atoms with E-state index in [4.69, 9.17) is 23.2 Å². The average Bonchev–Trinajstić information content (AvgIpc) is 3.23. The van der Waals surface area contributed by atoms with Crippen LogP contribution in [-0.4, -0.2) is 31.8 Å². The Morgan fingerprint density at radius 3 is 1.42 bits per heavy atom. The molecule has 2 amide bonds. The highest BCUT2D eigenvalue weighted by molar-refractivity contribution is 6.29. The van der Waals surface area contributed by atoms with E-state index >= 15 is 0 Å². The molecule has 0 saturated heterocycles. The number of carbonyl (C=O) groups excluding carboxylic acids is 2. The molecule has 0 aliphatic rings. The average molecular weight is 832 g/mol. The Kier molecular flexibility index (Phi) is 13.2. The van der Waals surface area contributed by atoms with Crippen LogP contribution >= 0.6 is 23.2 Å². The lowest BCUT2D eigenvalue weighted by Crippen LogP contribution is -2.31. The Balaban J connectivity index is 0.000000181. The van der Waals surface area contributed by atoms with E-state index in [0.29, 0.717) is 21.3 Å². The molecule has 6 aromatic carbocycles. The fourth-order valence-electron chi connectivity index (χ4n) is 7.35. The predicted octanol–water partition coefficient (Wildman–Crippen LogP) is 10.7. The smallest absolute Gasteiger partial charge is 0.225 e. The molecule has 8 nitrogen and oxygen atoms in total. The number of rotatable bonds is 10. The first-order valence-corrected chi connectivity index (χ1v) is 20.4. The minimum Gasteiger partial charge on any atom is -0.345 e. The molecule has 10 heteroatoms. The van der Waals surface area contributed by atoms with E-state index in [1.54, 1.807) is 0 Å². The highest BCUT2D eigenvalue weighted by Crippen LogP contribution is 2.28. The second kappa shape index (κ2) is 19.1. The minimum atomic E-state index is -0.214. The molecule has 2 aromatic heterocycles. The van der Waals surface area contributed by atoms with Crippen molar-refractivity contribution in [3.05, 3.63) is 212 Å². The van der Waals surface area contributed by atoms with E-state index in [-0.39, 0.29) is 36.7 Å². The third-order valence-corrected chi connectivity index (χ3v) is 10.6. The maximum Gasteiger partial charge on any atom is 0.225 e. The van der Waals surface area contributed by atoms with Gasteiger partial charge in [0.25, 0.3) is 0 Å². The van der Waals surface area contributed by atoms with Crippen LogP contribution in [0.3, 0.4) is 0 Å². The molecule has 8 aromatic rings. The highest BCUT2D eigenvalue weighted by atomic mass is 35.5. The fraction of sp³-hybridized carbons (Fsp3) is 0.160. The number of halogens is 2. The molecular formula is C50H44Cl2N6O2. The van der Waals surface area contributed by atoms with Gasteiger partial charge in [-0.15, -0.1) is 0 Å². The SMILES string of the molecule is Cc1ccc(C(NC(=O)Cc2ccc3nc(Cl)cnc3c2)c2ccccc2)c(C)c1.Cc1ccc(C(NC(=O)Cc2ccc3ncc(Cl)nc3c2)c2ccccc2)c(C)c1. The summed E-state index contributed by atoms with van der Waals surface area (Å²) < 4.78 is 0. The van der Waals surface area contributed by atoms with Gasteiger partial charge in [0.2, 0.25) is 11.8 Å². The Labute approximate surface area is 360 Å². The Hall–Kier alpha value is -6.48. The van der Waals surface area contributed by atoms with Gasteiger partial charge in [0, 0.05) is 0 Å². The third kappa shape index (κ3) is 10.6. The van der Waals surface area contributed by atoms with Crippen molar-refractivity contribution >= 4 is 57.1 Å². The molecule has 60 heavy (non-hydrogen) atoms. The number of fused-ring (bicyclic) bond motifs is 2. The number of nitrogens with one attached hydrogen (secondary N) is 2. The summed E-state index contributed by atoms with van der Waals surface area (Å²) in [5.41, 5.74) is 13.6. The first kappa shape index (κ1) is 41.7. The number of aryl methyl sites for hydroxylation is 4. The summed E-state index contributed by atoms with van der Waals surface area (Å²) in [6.45, 7) is 8.30. The van der Waals surface area contributed by atoms with Crippen LogP contribution in [0.4, 0.5) is 0 Å². The minimum absolute atomic E-state index is 0.0508. The van der Waals surface area contributed by atoms with Crippen LogP contribution in [0, 0.1) is 27.7 Å². The largest absolute Gasteiger partial charge is 0.345 e. The number of nitrogens with zero attached hydrogens (tertiary/aromatic N) is 4. The van der Waals surface area contributed by atoms with E-state index in [9.17, 15) is 9.59 Å². The van der Waals surface area contributed by atoms with Gasteiger partial charge in [-0.3, -0.25) is 19.6 Å². The molecule has 0 bridgehead atoms. The molecule has 2 unspecified atom stereocenters. The van der Waals surface area contributed by atoms with Crippen LogP contribution in [0.1, 0.15) is 67.7 Å². The monoisotopic (exact) mass is 830 g/mol. The summed E-state index contributed by atoms with van der Waals surface area (Å²) in [5.74, 6) is -0.108. The number of amides is 2. The van der Waals surface area contributed by atoms with Gasteiger partial charge >= 0.3 is 0 Å². The van der Waals surface area contributed by atoms with Crippen LogP contribution in [0.5, 0.6) is 0 Å². The number of aromatic nitrogens is 4. The maximum atomic E-state index is 13.0. The highest BCUT2D eigenvalue weighted by Gasteiger charge is 2.21. The lowest BCUT2D eigenvalue weighted by molar-refractivity contribution is -0.121. The van der Waals surface area contributed by atoms with Crippen molar-refractivity contribution in [3.63, 3.8) is 0 Å². The fourth-order valence-corrected chi connectivity index (χ4v) is 7.63. The number of benzene rings is 6. The third-order valence-electron chi connectivity index (χ3n) is 10.2. The topological polar surface area (TPSA) is 110 Å². The molecule has 0 aliphatic carbocycles. The summed E-state index contributed by atoms with van der Waals surface area (Å²) in [6.07, 6.45) is 3.54. The van der Waals surface area contributed by atoms with E-state index in [1.807, 2.05) is 97.1 Å². The van der Waals surface area contributed by atoms with Gasteiger partial charge in [-0.05, 0) is 96.5 Å². The van der Waals surface area contributed by atoms with Gasteiger partial charge in [-0.1, -0.05) is 144 Å². The van der Waals surface area contributed by atoms with Gasteiger partial charge in [0.15, 0.2) is 0 Å². The van der Waals surface area contributed by atoms with Gasteiger partial charge in [0.05, 0.1) is 59.4 Å². The molecule has 0 fully saturated rings. The Bertz CT molecular complexity index is 2800. The molecule has 0 spiro atoms. The standard InChI is InChI=1S/2C25H22ClN3O/c1-16-8-10-20(17(2)12-16)25(19-6-4-3-5-7-19)29-24(30)14-18-9-11-21-22(13-18)27-15-23(26)28-21;1-16-8-10-20(17(2)12-16)25(19-6-4-3-5-7-19)29-24(30)14-18-9-11-21-22(13-18)28-23(26)15-27-21/h2*3-13,15,25H,14H2,1-2H3,(H,29,30). The summed E-state index contributed by atoms with van der Waals surface area (Å²) in [6, 6.07) is 43.5. The van der Waals surface area contributed by atoms with Crippen molar-refractivity contribution in [1.29, 1.82) is 0 Å². The van der Waals surface area contributed by atoms with Crippen molar-refractivity contribution in [3.8, 4) is 0 Å². The molecule has 2 N–H and O–H groups in total. The number of hydrogen-bond acceptors (Lipinski definition) is 6. The first-order chi connectivity index (χ1) is 29.0. The Morgan fingerprint density at radius 1 is 0.500 bits per heavy atom. The van der Waals surface area contributed by atoms with Crippen LogP contribution in [0.25, 0.3) is 22.1 Å². The molecule has 2 atom stereocenters. The molecule has 0 radical (unpaired) electrons. The summed E-state index contributed by atoms with van der Waals surface area (Å²) in [4.78, 5) is 43.0. The molecule has 0 saturated carbocycles. The molecule has 0 aliphatic heterocycles. The molecule has 8 rings (SSSR count). The predicted molar refractivity (Wildman–Crippen MR) is 241 cm³/mol. The lowest BCUT2D eigenvalue weighted by atomic mass is 9.93. The van der Waals surface area contributed by atoms with Crippen molar-refractivity contribution < 1.29 is 9.59 Å². The Morgan fingerprint density at radius 2 is 0.933 bits per heavy atom. The van der Waals surface area contributed by atoms with Crippen molar-refractivity contribution in [2.24, 2.45) is 0 Å². The zero-order chi connectivity index (χ0) is 42.2. The van der Waals surface area contributed by atoms with Crippen LogP contribution < -0.4 is 10.6 Å². The maximum absolute atomic E-state index is 13.0. The lowest BCUT2D eigenvalue weighted by Gasteiger charge is -2.22. The van der Waals surface area contributed by atoms with E-state index in [1.165, 1.54) is 23.5 Å².